The SMILES string of the molecule is CC(=O)N(C)c1ccc(-c2ccc(N(C)C(C)=O)cc2S(=O)(=O)O)c(S(=O)(=O)O)c1. The molecule has 0 saturated carbocycles. The summed E-state index contributed by atoms with van der Waals surface area (Å²) in [7, 11) is -6.91. The first-order valence-corrected chi connectivity index (χ1v) is 11.2. The third-order valence-electron chi connectivity index (χ3n) is 4.50. The van der Waals surface area contributed by atoms with Gasteiger partial charge in [-0.1, -0.05) is 12.1 Å². The van der Waals surface area contributed by atoms with E-state index in [0.29, 0.717) is 0 Å². The molecule has 0 aromatic heterocycles. The van der Waals surface area contributed by atoms with Crippen LogP contribution in [-0.4, -0.2) is 51.9 Å². The molecule has 0 fully saturated rings. The van der Waals surface area contributed by atoms with Gasteiger partial charge in [0, 0.05) is 50.4 Å². The molecule has 30 heavy (non-hydrogen) atoms. The highest BCUT2D eigenvalue weighted by molar-refractivity contribution is 7.86. The summed E-state index contributed by atoms with van der Waals surface area (Å²) in [6.07, 6.45) is 0. The lowest BCUT2D eigenvalue weighted by Crippen LogP contribution is -2.23. The molecule has 0 aliphatic carbocycles. The maximum absolute atomic E-state index is 12.0. The fraction of sp³-hybridized carbons (Fsp3) is 0.222. The molecule has 2 amide bonds. The molecule has 2 aromatic carbocycles. The third kappa shape index (κ3) is 4.84. The van der Waals surface area contributed by atoms with Gasteiger partial charge in [0.15, 0.2) is 0 Å². The van der Waals surface area contributed by atoms with Crippen molar-refractivity contribution >= 4 is 43.4 Å². The Kier molecular flexibility index (Phi) is 6.37. The Balaban J connectivity index is 2.86. The zero-order valence-corrected chi connectivity index (χ0v) is 18.2. The molecule has 0 aliphatic rings. The second-order valence-corrected chi connectivity index (χ2v) is 9.25. The van der Waals surface area contributed by atoms with E-state index in [1.54, 1.807) is 0 Å². The highest BCUT2D eigenvalue weighted by Gasteiger charge is 2.25. The predicted octanol–water partition coefficient (Wildman–Crippen LogP) is 1.81. The molecular weight excluding hydrogens is 436 g/mol. The van der Waals surface area contributed by atoms with Crippen LogP contribution >= 0.6 is 0 Å². The molecule has 0 bridgehead atoms. The van der Waals surface area contributed by atoms with E-state index < -0.39 is 41.8 Å². The monoisotopic (exact) mass is 456 g/mol. The summed E-state index contributed by atoms with van der Waals surface area (Å²) < 4.78 is 67.3. The van der Waals surface area contributed by atoms with Crippen molar-refractivity contribution < 1.29 is 35.5 Å². The lowest BCUT2D eigenvalue weighted by molar-refractivity contribution is -0.117. The van der Waals surface area contributed by atoms with Gasteiger partial charge in [0.2, 0.25) is 11.8 Å². The van der Waals surface area contributed by atoms with Gasteiger partial charge in [-0.3, -0.25) is 18.7 Å². The highest BCUT2D eigenvalue weighted by atomic mass is 32.2. The second-order valence-electron chi connectivity index (χ2n) is 6.47. The minimum Gasteiger partial charge on any atom is -0.316 e. The lowest BCUT2D eigenvalue weighted by atomic mass is 10.0. The predicted molar refractivity (Wildman–Crippen MR) is 110 cm³/mol. The van der Waals surface area contributed by atoms with Gasteiger partial charge in [0.25, 0.3) is 20.2 Å². The second kappa shape index (κ2) is 8.14. The molecule has 10 nitrogen and oxygen atoms in total. The van der Waals surface area contributed by atoms with E-state index in [9.17, 15) is 35.5 Å². The largest absolute Gasteiger partial charge is 0.316 e. The maximum atomic E-state index is 12.0. The Labute approximate surface area is 174 Å². The van der Waals surface area contributed by atoms with Gasteiger partial charge in [-0.05, 0) is 24.3 Å². The van der Waals surface area contributed by atoms with Crippen molar-refractivity contribution in [2.24, 2.45) is 0 Å². The van der Waals surface area contributed by atoms with Crippen LogP contribution in [0.5, 0.6) is 0 Å². The molecule has 2 rings (SSSR count). The van der Waals surface area contributed by atoms with Gasteiger partial charge >= 0.3 is 0 Å². The molecular formula is C18H20N2O8S2. The average molecular weight is 456 g/mol. The fourth-order valence-electron chi connectivity index (χ4n) is 2.67. The van der Waals surface area contributed by atoms with Crippen molar-refractivity contribution in [2.75, 3.05) is 23.9 Å². The van der Waals surface area contributed by atoms with Crippen LogP contribution in [0.15, 0.2) is 46.2 Å². The Morgan fingerprint density at radius 1 is 0.700 bits per heavy atom. The van der Waals surface area contributed by atoms with Crippen LogP contribution < -0.4 is 9.80 Å². The summed E-state index contributed by atoms with van der Waals surface area (Å²) in [5.41, 5.74) is -0.161. The van der Waals surface area contributed by atoms with Crippen molar-refractivity contribution in [1.29, 1.82) is 0 Å². The lowest BCUT2D eigenvalue weighted by Gasteiger charge is -2.20. The van der Waals surface area contributed by atoms with E-state index in [1.165, 1.54) is 52.2 Å². The number of anilines is 2. The summed E-state index contributed by atoms with van der Waals surface area (Å²) in [6, 6.07) is 7.14. The van der Waals surface area contributed by atoms with Crippen LogP contribution in [0, 0.1) is 0 Å². The number of amides is 2. The molecule has 0 heterocycles. The van der Waals surface area contributed by atoms with Crippen LogP contribution in [0.25, 0.3) is 11.1 Å². The van der Waals surface area contributed by atoms with Crippen LogP contribution in [0.2, 0.25) is 0 Å². The van der Waals surface area contributed by atoms with Crippen molar-refractivity contribution in [3.63, 3.8) is 0 Å². The van der Waals surface area contributed by atoms with E-state index in [2.05, 4.69) is 0 Å². The zero-order valence-electron chi connectivity index (χ0n) is 16.5. The molecule has 0 spiro atoms. The van der Waals surface area contributed by atoms with Crippen molar-refractivity contribution in [1.82, 2.24) is 0 Å². The molecule has 2 N–H and O–H groups in total. The maximum Gasteiger partial charge on any atom is 0.295 e. The zero-order chi connectivity index (χ0) is 23.0. The minimum atomic E-state index is -4.84. The first-order valence-electron chi connectivity index (χ1n) is 8.36. The summed E-state index contributed by atoms with van der Waals surface area (Å²) in [5.74, 6) is -0.807. The standard InChI is InChI=1S/C18H20N2O8S2/c1-11(21)19(3)13-5-7-15(17(9-13)29(23,24)25)16-8-6-14(20(4)12(2)22)10-18(16)30(26,27)28/h5-10H,1-4H3,(H,23,24,25)(H,26,27,28). The summed E-state index contributed by atoms with van der Waals surface area (Å²) in [6.45, 7) is 2.50. The summed E-state index contributed by atoms with van der Waals surface area (Å²) in [4.78, 5) is 24.1. The van der Waals surface area contributed by atoms with Gasteiger partial charge in [-0.2, -0.15) is 16.8 Å². The van der Waals surface area contributed by atoms with E-state index >= 15 is 0 Å². The number of rotatable bonds is 5. The molecule has 162 valence electrons. The number of carbonyl (C=O) groups is 2. The Morgan fingerprint density at radius 3 is 1.23 bits per heavy atom. The van der Waals surface area contributed by atoms with Gasteiger partial charge < -0.3 is 9.80 Å². The van der Waals surface area contributed by atoms with Crippen LogP contribution in [0.1, 0.15) is 13.8 Å². The van der Waals surface area contributed by atoms with Gasteiger partial charge in [0.05, 0.1) is 0 Å². The Hall–Kier alpha value is -2.80. The van der Waals surface area contributed by atoms with Crippen LogP contribution in [0.3, 0.4) is 0 Å². The van der Waals surface area contributed by atoms with Gasteiger partial charge in [-0.25, -0.2) is 0 Å². The summed E-state index contributed by atoms with van der Waals surface area (Å²) in [5, 5.41) is 0. The topological polar surface area (TPSA) is 149 Å². The number of benzene rings is 2. The third-order valence-corrected chi connectivity index (χ3v) is 6.28. The molecule has 0 unspecified atom stereocenters. The van der Waals surface area contributed by atoms with E-state index in [0.717, 1.165) is 21.9 Å². The fourth-order valence-corrected chi connectivity index (χ4v) is 4.13. The van der Waals surface area contributed by atoms with Crippen molar-refractivity contribution in [3.8, 4) is 11.1 Å². The summed E-state index contributed by atoms with van der Waals surface area (Å²) >= 11 is 0. The first kappa shape index (κ1) is 23.5. The minimum absolute atomic E-state index is 0.139. The molecule has 12 heteroatoms. The molecule has 0 radical (unpaired) electrons. The number of hydrogen-bond donors (Lipinski definition) is 2. The number of nitrogens with zero attached hydrogens (tertiary/aromatic N) is 2. The quantitative estimate of drug-likeness (QED) is 0.647. The van der Waals surface area contributed by atoms with E-state index in [4.69, 9.17) is 0 Å². The molecule has 0 saturated heterocycles. The molecule has 0 atom stereocenters. The molecule has 0 aliphatic heterocycles. The van der Waals surface area contributed by atoms with E-state index in [1.807, 2.05) is 0 Å². The van der Waals surface area contributed by atoms with Crippen molar-refractivity contribution in [2.45, 2.75) is 23.6 Å². The van der Waals surface area contributed by atoms with Crippen molar-refractivity contribution in [3.05, 3.63) is 36.4 Å². The normalized spacial score (nSPS) is 11.8. The van der Waals surface area contributed by atoms with Crippen LogP contribution in [-0.2, 0) is 29.8 Å². The number of hydrogen-bond acceptors (Lipinski definition) is 6. The Bertz CT molecular complexity index is 1140. The molecule has 2 aromatic rings. The Morgan fingerprint density at radius 2 is 1.00 bits per heavy atom. The van der Waals surface area contributed by atoms with Crippen LogP contribution in [0.4, 0.5) is 11.4 Å². The average Bonchev–Trinajstić information content (AvgIpc) is 2.64. The van der Waals surface area contributed by atoms with E-state index in [-0.39, 0.29) is 22.5 Å². The van der Waals surface area contributed by atoms with Gasteiger partial charge in [-0.15, -0.1) is 0 Å². The number of carbonyl (C=O) groups excluding carboxylic acids is 2. The van der Waals surface area contributed by atoms with Gasteiger partial charge in [0.1, 0.15) is 9.79 Å². The first-order chi connectivity index (χ1) is 13.6. The highest BCUT2D eigenvalue weighted by Crippen LogP contribution is 2.36. The smallest absolute Gasteiger partial charge is 0.295 e.